The molecule has 160 valence electrons. The second-order valence-electron chi connectivity index (χ2n) is 9.97. The summed E-state index contributed by atoms with van der Waals surface area (Å²) in [5.74, 6) is 1.78. The summed E-state index contributed by atoms with van der Waals surface area (Å²) in [5.41, 5.74) is 0.854. The van der Waals surface area contributed by atoms with Gasteiger partial charge >= 0.3 is 5.97 Å². The van der Waals surface area contributed by atoms with E-state index in [1.165, 1.54) is 116 Å². The molecule has 3 saturated carbocycles. The number of esters is 1. The summed E-state index contributed by atoms with van der Waals surface area (Å²) < 4.78 is 5.35. The maximum atomic E-state index is 13.0. The molecule has 3 fully saturated rings. The van der Waals surface area contributed by atoms with Gasteiger partial charge in [0.15, 0.2) is 0 Å². The smallest absolute Gasteiger partial charge is 0.333 e. The predicted octanol–water partition coefficient (Wildman–Crippen LogP) is 7.61. The van der Waals surface area contributed by atoms with E-state index in [-0.39, 0.29) is 11.4 Å². The van der Waals surface area contributed by atoms with Gasteiger partial charge in [-0.1, -0.05) is 83.6 Å². The molecule has 0 spiro atoms. The van der Waals surface area contributed by atoms with Crippen molar-refractivity contribution in [1.29, 1.82) is 0 Å². The molecule has 2 heteroatoms. The first-order chi connectivity index (χ1) is 13.7. The van der Waals surface area contributed by atoms with Crippen LogP contribution in [0, 0.1) is 23.2 Å². The van der Waals surface area contributed by atoms with Crippen LogP contribution >= 0.6 is 0 Å². The number of ether oxygens (including phenoxy) is 1. The summed E-state index contributed by atoms with van der Waals surface area (Å²) in [6.07, 6.45) is 24.0. The van der Waals surface area contributed by atoms with Crippen LogP contribution in [0.2, 0.25) is 0 Å². The average molecular weight is 389 g/mol. The number of methoxy groups -OCH3 is 1. The maximum absolute atomic E-state index is 13.0. The summed E-state index contributed by atoms with van der Waals surface area (Å²) in [5, 5.41) is 0. The maximum Gasteiger partial charge on any atom is 0.333 e. The van der Waals surface area contributed by atoms with Crippen molar-refractivity contribution in [3.05, 3.63) is 12.2 Å². The quantitative estimate of drug-likeness (QED) is 0.275. The third kappa shape index (κ3) is 4.68. The van der Waals surface area contributed by atoms with E-state index in [1.54, 1.807) is 7.11 Å². The van der Waals surface area contributed by atoms with Gasteiger partial charge in [-0.25, -0.2) is 4.79 Å². The van der Waals surface area contributed by atoms with E-state index < -0.39 is 0 Å². The fraction of sp³-hybridized carbons (Fsp3) is 0.885. The van der Waals surface area contributed by atoms with Crippen molar-refractivity contribution in [2.24, 2.45) is 23.2 Å². The van der Waals surface area contributed by atoms with E-state index in [2.05, 4.69) is 6.58 Å². The molecule has 0 unspecified atom stereocenters. The molecule has 0 aromatic carbocycles. The van der Waals surface area contributed by atoms with Crippen molar-refractivity contribution in [3.63, 3.8) is 0 Å². The molecule has 0 atom stereocenters. The first-order valence-electron chi connectivity index (χ1n) is 12.5. The fourth-order valence-electron chi connectivity index (χ4n) is 7.31. The Morgan fingerprint density at radius 1 is 0.643 bits per heavy atom. The zero-order chi connectivity index (χ0) is 19.8. The van der Waals surface area contributed by atoms with Crippen molar-refractivity contribution in [3.8, 4) is 0 Å². The van der Waals surface area contributed by atoms with E-state index in [4.69, 9.17) is 4.74 Å². The standard InChI is InChI=1S/C26H44O2/c1-21(25(27)28-2)26(22-15-9-3-4-10-16-22,23-17-11-5-6-12-18-23)24-19-13-7-8-14-20-24/h22-24H,1,3-20H2,2H3. The normalized spacial score (nSPS) is 24.8. The Bertz CT molecular complexity index is 434. The lowest BCUT2D eigenvalue weighted by Gasteiger charge is -2.52. The monoisotopic (exact) mass is 388 g/mol. The minimum atomic E-state index is -0.113. The van der Waals surface area contributed by atoms with E-state index in [9.17, 15) is 4.79 Å². The Morgan fingerprint density at radius 2 is 0.929 bits per heavy atom. The van der Waals surface area contributed by atoms with E-state index >= 15 is 0 Å². The lowest BCUT2D eigenvalue weighted by atomic mass is 9.51. The zero-order valence-electron chi connectivity index (χ0n) is 18.5. The Labute approximate surface area is 173 Å². The molecular formula is C26H44O2. The number of carbonyl (C=O) groups excluding carboxylic acids is 1. The second kappa shape index (κ2) is 10.8. The molecular weight excluding hydrogens is 344 g/mol. The van der Waals surface area contributed by atoms with Crippen LogP contribution in [0.15, 0.2) is 12.2 Å². The lowest BCUT2D eigenvalue weighted by Crippen LogP contribution is -2.48. The molecule has 0 aromatic heterocycles. The average Bonchev–Trinajstić information content (AvgIpc) is 3.25. The molecule has 0 aliphatic heterocycles. The largest absolute Gasteiger partial charge is 0.466 e. The third-order valence-electron chi connectivity index (χ3n) is 8.55. The van der Waals surface area contributed by atoms with Crippen LogP contribution in [-0.4, -0.2) is 13.1 Å². The van der Waals surface area contributed by atoms with Crippen molar-refractivity contribution in [2.75, 3.05) is 7.11 Å². The van der Waals surface area contributed by atoms with E-state index in [1.807, 2.05) is 0 Å². The number of carbonyl (C=O) groups is 1. The molecule has 28 heavy (non-hydrogen) atoms. The summed E-state index contributed by atoms with van der Waals surface area (Å²) in [6, 6.07) is 0. The summed E-state index contributed by atoms with van der Waals surface area (Å²) in [4.78, 5) is 13.0. The van der Waals surface area contributed by atoms with Gasteiger partial charge in [0.25, 0.3) is 0 Å². The Kier molecular flexibility index (Phi) is 8.48. The number of hydrogen-bond acceptors (Lipinski definition) is 2. The summed E-state index contributed by atoms with van der Waals surface area (Å²) in [6.45, 7) is 4.54. The molecule has 0 radical (unpaired) electrons. The predicted molar refractivity (Wildman–Crippen MR) is 117 cm³/mol. The lowest BCUT2D eigenvalue weighted by molar-refractivity contribution is -0.140. The molecule has 0 saturated heterocycles. The highest BCUT2D eigenvalue weighted by atomic mass is 16.5. The summed E-state index contributed by atoms with van der Waals surface area (Å²) >= 11 is 0. The van der Waals surface area contributed by atoms with Crippen LogP contribution in [-0.2, 0) is 9.53 Å². The van der Waals surface area contributed by atoms with Crippen molar-refractivity contribution in [1.82, 2.24) is 0 Å². The van der Waals surface area contributed by atoms with Gasteiger partial charge < -0.3 is 4.74 Å². The molecule has 2 nitrogen and oxygen atoms in total. The SMILES string of the molecule is C=C(C(=O)OC)C(C1CCCCCC1)(C1CCCCCC1)C1CCCCCC1. The summed E-state index contributed by atoms with van der Waals surface area (Å²) in [7, 11) is 1.56. The highest BCUT2D eigenvalue weighted by molar-refractivity contribution is 5.89. The topological polar surface area (TPSA) is 26.3 Å². The van der Waals surface area contributed by atoms with Gasteiger partial charge in [0.2, 0.25) is 0 Å². The minimum absolute atomic E-state index is 0.00782. The van der Waals surface area contributed by atoms with Gasteiger partial charge in [-0.15, -0.1) is 0 Å². The van der Waals surface area contributed by atoms with E-state index in [0.717, 1.165) is 5.57 Å². The van der Waals surface area contributed by atoms with Crippen LogP contribution < -0.4 is 0 Å². The van der Waals surface area contributed by atoms with Gasteiger partial charge in [0.1, 0.15) is 0 Å². The van der Waals surface area contributed by atoms with Crippen LogP contribution in [0.5, 0.6) is 0 Å². The van der Waals surface area contributed by atoms with Gasteiger partial charge in [-0.05, 0) is 56.3 Å². The Balaban J connectivity index is 2.07. The first-order valence-corrected chi connectivity index (χ1v) is 12.5. The van der Waals surface area contributed by atoms with Crippen LogP contribution in [0.25, 0.3) is 0 Å². The molecule has 3 rings (SSSR count). The molecule has 0 heterocycles. The molecule has 0 N–H and O–H groups in total. The number of hydrogen-bond donors (Lipinski definition) is 0. The Morgan fingerprint density at radius 3 is 1.18 bits per heavy atom. The molecule has 0 bridgehead atoms. The van der Waals surface area contributed by atoms with E-state index in [0.29, 0.717) is 17.8 Å². The molecule has 0 aromatic rings. The molecule has 0 amide bonds. The fourth-order valence-corrected chi connectivity index (χ4v) is 7.31. The van der Waals surface area contributed by atoms with Gasteiger partial charge in [0, 0.05) is 11.0 Å². The van der Waals surface area contributed by atoms with Gasteiger partial charge in [0.05, 0.1) is 7.11 Å². The van der Waals surface area contributed by atoms with Crippen LogP contribution in [0.4, 0.5) is 0 Å². The molecule has 3 aliphatic rings. The minimum Gasteiger partial charge on any atom is -0.466 e. The molecule has 3 aliphatic carbocycles. The van der Waals surface area contributed by atoms with Crippen molar-refractivity contribution >= 4 is 5.97 Å². The van der Waals surface area contributed by atoms with Crippen molar-refractivity contribution in [2.45, 2.75) is 116 Å². The first kappa shape index (κ1) is 21.9. The highest BCUT2D eigenvalue weighted by Gasteiger charge is 2.53. The van der Waals surface area contributed by atoms with Crippen LogP contribution in [0.3, 0.4) is 0 Å². The number of rotatable bonds is 5. The second-order valence-corrected chi connectivity index (χ2v) is 9.97. The zero-order valence-corrected chi connectivity index (χ0v) is 18.5. The van der Waals surface area contributed by atoms with Crippen LogP contribution in [0.1, 0.15) is 116 Å². The van der Waals surface area contributed by atoms with Crippen molar-refractivity contribution < 1.29 is 9.53 Å². The Hall–Kier alpha value is -0.790. The van der Waals surface area contributed by atoms with Gasteiger partial charge in [-0.3, -0.25) is 0 Å². The third-order valence-corrected chi connectivity index (χ3v) is 8.55. The van der Waals surface area contributed by atoms with Gasteiger partial charge in [-0.2, -0.15) is 0 Å². The highest BCUT2D eigenvalue weighted by Crippen LogP contribution is 2.59.